The van der Waals surface area contributed by atoms with Crippen molar-refractivity contribution < 1.29 is 50.8 Å². The standard InChI is InChI=1S/C12H7O11S2/c13-5-2-1-4-3-6(24(18,19)20)10(25(21,22)23)9(12(16)17)7(4)8(5)11(14)15/h1-2,13H,(H,14,15)(H,16,17)(H,18,19,20)(H,21,22,23). The van der Waals surface area contributed by atoms with Crippen LogP contribution < -0.4 is 0 Å². The molecule has 0 aromatic heterocycles. The fraction of sp³-hybridized carbons (Fsp3) is 0. The SMILES string of the molecule is O=C(O)c1c(O)ccc2[c]c(S(=O)(=O)O)c(S(=O)(=O)O)c(C(=O)O)c12. The van der Waals surface area contributed by atoms with Crippen LogP contribution in [-0.2, 0) is 20.2 Å². The summed E-state index contributed by atoms with van der Waals surface area (Å²) in [5, 5.41) is 26.6. The molecule has 133 valence electrons. The Bertz CT molecular complexity index is 1140. The van der Waals surface area contributed by atoms with E-state index in [0.717, 1.165) is 12.1 Å². The van der Waals surface area contributed by atoms with E-state index in [1.807, 2.05) is 6.07 Å². The number of phenols is 1. The van der Waals surface area contributed by atoms with Crippen molar-refractivity contribution >= 4 is 42.9 Å². The van der Waals surface area contributed by atoms with E-state index in [-0.39, 0.29) is 0 Å². The van der Waals surface area contributed by atoms with Crippen LogP contribution in [0.2, 0.25) is 0 Å². The average Bonchev–Trinajstić information content (AvgIpc) is 2.42. The summed E-state index contributed by atoms with van der Waals surface area (Å²) in [5.74, 6) is -4.94. The summed E-state index contributed by atoms with van der Waals surface area (Å²) in [4.78, 5) is 19.5. The monoisotopic (exact) mass is 391 g/mol. The van der Waals surface area contributed by atoms with Crippen molar-refractivity contribution in [2.75, 3.05) is 0 Å². The summed E-state index contributed by atoms with van der Waals surface area (Å²) in [5.41, 5.74) is -2.52. The van der Waals surface area contributed by atoms with Gasteiger partial charge in [-0.25, -0.2) is 9.59 Å². The number of carbonyl (C=O) groups is 2. The number of hydrogen-bond acceptors (Lipinski definition) is 7. The van der Waals surface area contributed by atoms with Crippen LogP contribution in [0.4, 0.5) is 0 Å². The normalized spacial score (nSPS) is 12.2. The summed E-state index contributed by atoms with van der Waals surface area (Å²) < 4.78 is 64.2. The number of carboxylic acids is 2. The first kappa shape index (κ1) is 18.6. The Balaban J connectivity index is 3.38. The zero-order valence-electron chi connectivity index (χ0n) is 11.7. The van der Waals surface area contributed by atoms with Gasteiger partial charge in [0.15, 0.2) is 0 Å². The van der Waals surface area contributed by atoms with Gasteiger partial charge in [-0.3, -0.25) is 9.11 Å². The zero-order chi connectivity index (χ0) is 19.3. The van der Waals surface area contributed by atoms with Gasteiger partial charge in [0.25, 0.3) is 20.2 Å². The van der Waals surface area contributed by atoms with Crippen LogP contribution in [0.5, 0.6) is 5.75 Å². The molecule has 0 saturated heterocycles. The molecular formula is C12H7O11S2. The van der Waals surface area contributed by atoms with Gasteiger partial charge in [-0.2, -0.15) is 16.8 Å². The minimum atomic E-state index is -5.56. The molecule has 13 heteroatoms. The molecule has 0 heterocycles. The Morgan fingerprint density at radius 1 is 0.880 bits per heavy atom. The Hall–Kier alpha value is -2.74. The molecule has 5 N–H and O–H groups in total. The van der Waals surface area contributed by atoms with E-state index in [4.69, 9.17) is 9.66 Å². The van der Waals surface area contributed by atoms with Gasteiger partial charge in [0, 0.05) is 11.5 Å². The van der Waals surface area contributed by atoms with Crippen LogP contribution in [0.25, 0.3) is 10.8 Å². The topological polar surface area (TPSA) is 204 Å². The van der Waals surface area contributed by atoms with Gasteiger partial charge >= 0.3 is 11.9 Å². The minimum Gasteiger partial charge on any atom is -0.507 e. The van der Waals surface area contributed by atoms with E-state index in [1.165, 1.54) is 0 Å². The van der Waals surface area contributed by atoms with E-state index in [9.17, 15) is 41.2 Å². The lowest BCUT2D eigenvalue weighted by atomic mass is 9.98. The number of aromatic hydroxyl groups is 1. The van der Waals surface area contributed by atoms with Crippen molar-refractivity contribution in [1.29, 1.82) is 0 Å². The van der Waals surface area contributed by atoms with Crippen molar-refractivity contribution in [3.05, 3.63) is 29.3 Å². The fourth-order valence-electron chi connectivity index (χ4n) is 2.21. The highest BCUT2D eigenvalue weighted by atomic mass is 32.2. The molecule has 0 aliphatic heterocycles. The number of benzene rings is 2. The third kappa shape index (κ3) is 3.12. The summed E-state index contributed by atoms with van der Waals surface area (Å²) in [7, 11) is -10.9. The molecular weight excluding hydrogens is 384 g/mol. The molecule has 0 aliphatic carbocycles. The first-order valence-corrected chi connectivity index (χ1v) is 8.81. The average molecular weight is 391 g/mol. The molecule has 0 amide bonds. The van der Waals surface area contributed by atoms with Gasteiger partial charge in [0.2, 0.25) is 0 Å². The predicted molar refractivity (Wildman–Crippen MR) is 78.0 cm³/mol. The second-order valence-electron chi connectivity index (χ2n) is 4.60. The lowest BCUT2D eigenvalue weighted by molar-refractivity contribution is 0.0691. The van der Waals surface area contributed by atoms with Crippen LogP contribution in [0.15, 0.2) is 21.9 Å². The van der Waals surface area contributed by atoms with Gasteiger partial charge in [0.1, 0.15) is 21.1 Å². The van der Waals surface area contributed by atoms with E-state index in [0.29, 0.717) is 0 Å². The second kappa shape index (κ2) is 5.66. The molecule has 11 nitrogen and oxygen atoms in total. The molecule has 2 aromatic carbocycles. The maximum Gasteiger partial charge on any atom is 0.340 e. The molecule has 0 aliphatic rings. The molecule has 25 heavy (non-hydrogen) atoms. The summed E-state index contributed by atoms with van der Waals surface area (Å²) >= 11 is 0. The second-order valence-corrected chi connectivity index (χ2v) is 7.32. The molecule has 2 rings (SSSR count). The van der Waals surface area contributed by atoms with Crippen LogP contribution in [0, 0.1) is 6.07 Å². The molecule has 0 fully saturated rings. The van der Waals surface area contributed by atoms with E-state index in [1.54, 1.807) is 0 Å². The molecule has 0 saturated carbocycles. The van der Waals surface area contributed by atoms with Crippen molar-refractivity contribution in [2.24, 2.45) is 0 Å². The van der Waals surface area contributed by atoms with Crippen molar-refractivity contribution in [1.82, 2.24) is 0 Å². The Morgan fingerprint density at radius 2 is 1.40 bits per heavy atom. The van der Waals surface area contributed by atoms with E-state index >= 15 is 0 Å². The first-order valence-electron chi connectivity index (χ1n) is 5.93. The molecule has 2 aromatic rings. The maximum atomic E-state index is 11.5. The summed E-state index contributed by atoms with van der Waals surface area (Å²) in [6.07, 6.45) is 0. The third-order valence-corrected chi connectivity index (χ3v) is 4.93. The fourth-order valence-corrected chi connectivity index (χ4v) is 4.15. The van der Waals surface area contributed by atoms with Crippen molar-refractivity contribution in [2.45, 2.75) is 9.79 Å². The lowest BCUT2D eigenvalue weighted by Crippen LogP contribution is -2.16. The van der Waals surface area contributed by atoms with E-state index < -0.39 is 69.6 Å². The van der Waals surface area contributed by atoms with Crippen LogP contribution in [0.1, 0.15) is 20.7 Å². The van der Waals surface area contributed by atoms with E-state index in [2.05, 4.69) is 0 Å². The maximum absolute atomic E-state index is 11.5. The zero-order valence-corrected chi connectivity index (χ0v) is 13.3. The Kier molecular flexibility index (Phi) is 4.21. The van der Waals surface area contributed by atoms with Gasteiger partial charge < -0.3 is 15.3 Å². The van der Waals surface area contributed by atoms with Crippen LogP contribution in [0.3, 0.4) is 0 Å². The molecule has 0 atom stereocenters. The smallest absolute Gasteiger partial charge is 0.340 e. The highest BCUT2D eigenvalue weighted by Crippen LogP contribution is 2.36. The predicted octanol–water partition coefficient (Wildman–Crippen LogP) is 0.235. The van der Waals surface area contributed by atoms with Crippen LogP contribution >= 0.6 is 0 Å². The highest BCUT2D eigenvalue weighted by Gasteiger charge is 2.35. The van der Waals surface area contributed by atoms with Crippen molar-refractivity contribution in [3.63, 3.8) is 0 Å². The third-order valence-electron chi connectivity index (χ3n) is 3.06. The number of hydrogen-bond donors (Lipinski definition) is 5. The Morgan fingerprint density at radius 3 is 1.80 bits per heavy atom. The minimum absolute atomic E-state index is 0.548. The molecule has 0 unspecified atom stereocenters. The highest BCUT2D eigenvalue weighted by molar-refractivity contribution is 7.89. The Labute approximate surface area is 139 Å². The van der Waals surface area contributed by atoms with Crippen LogP contribution in [-0.4, -0.2) is 53.2 Å². The quantitative estimate of drug-likeness (QED) is 0.446. The largest absolute Gasteiger partial charge is 0.507 e. The van der Waals surface area contributed by atoms with Gasteiger partial charge in [-0.05, 0) is 17.5 Å². The molecule has 0 bridgehead atoms. The van der Waals surface area contributed by atoms with Gasteiger partial charge in [-0.15, -0.1) is 0 Å². The van der Waals surface area contributed by atoms with Gasteiger partial charge in [0.05, 0.1) is 5.56 Å². The number of rotatable bonds is 4. The number of aromatic carboxylic acids is 2. The summed E-state index contributed by atoms with van der Waals surface area (Å²) in [6.45, 7) is 0. The first-order chi connectivity index (χ1) is 11.3. The molecule has 1 radical (unpaired) electrons. The number of carboxylic acid groups (broad SMARTS) is 2. The molecule has 0 spiro atoms. The van der Waals surface area contributed by atoms with Crippen molar-refractivity contribution in [3.8, 4) is 5.75 Å². The lowest BCUT2D eigenvalue weighted by Gasteiger charge is -2.14. The van der Waals surface area contributed by atoms with Gasteiger partial charge in [-0.1, -0.05) is 0 Å². The number of fused-ring (bicyclic) bond motifs is 1. The summed E-state index contributed by atoms with van der Waals surface area (Å²) in [6, 6.07) is 3.47.